The van der Waals surface area contributed by atoms with Crippen molar-refractivity contribution in [3.8, 4) is 5.75 Å². The predicted molar refractivity (Wildman–Crippen MR) is 85.1 cm³/mol. The van der Waals surface area contributed by atoms with Gasteiger partial charge in [0.15, 0.2) is 0 Å². The molecule has 0 N–H and O–H groups in total. The molecule has 128 valence electrons. The lowest BCUT2D eigenvalue weighted by Crippen LogP contribution is -2.34. The average molecular weight is 331 g/mol. The van der Waals surface area contributed by atoms with Crippen molar-refractivity contribution in [1.82, 2.24) is 24.9 Å². The van der Waals surface area contributed by atoms with Crippen LogP contribution in [0.3, 0.4) is 0 Å². The number of aryl methyl sites for hydroxylation is 1. The van der Waals surface area contributed by atoms with E-state index < -0.39 is 0 Å². The Morgan fingerprint density at radius 3 is 3.08 bits per heavy atom. The Labute approximate surface area is 140 Å². The van der Waals surface area contributed by atoms with Gasteiger partial charge in [-0.1, -0.05) is 5.21 Å². The summed E-state index contributed by atoms with van der Waals surface area (Å²) in [7, 11) is 0. The lowest BCUT2D eigenvalue weighted by Gasteiger charge is -2.20. The van der Waals surface area contributed by atoms with Gasteiger partial charge in [0.05, 0.1) is 18.4 Å². The number of fused-ring (bicyclic) bond motifs is 1. The molecule has 0 aromatic carbocycles. The molecule has 0 atom stereocenters. The number of pyridine rings is 1. The molecule has 2 aromatic heterocycles. The molecule has 3 heterocycles. The van der Waals surface area contributed by atoms with Crippen LogP contribution in [0.25, 0.3) is 0 Å². The molecular weight excluding hydrogens is 310 g/mol. The molecule has 0 spiro atoms. The first-order valence-corrected chi connectivity index (χ1v) is 8.07. The van der Waals surface area contributed by atoms with Crippen LogP contribution in [0, 0.1) is 0 Å². The number of carbonyl (C=O) groups is 1. The van der Waals surface area contributed by atoms with Crippen LogP contribution in [0.2, 0.25) is 0 Å². The normalized spacial score (nSPS) is 14.1. The van der Waals surface area contributed by atoms with Gasteiger partial charge in [-0.25, -0.2) is 4.68 Å². The molecule has 1 amide bonds. The summed E-state index contributed by atoms with van der Waals surface area (Å²) in [6.07, 6.45) is 4.19. The van der Waals surface area contributed by atoms with E-state index in [0.717, 1.165) is 24.4 Å². The van der Waals surface area contributed by atoms with E-state index in [1.165, 1.54) is 0 Å². The molecule has 0 unspecified atom stereocenters. The molecule has 0 radical (unpaired) electrons. The Bertz CT molecular complexity index is 674. The van der Waals surface area contributed by atoms with Gasteiger partial charge in [0, 0.05) is 25.9 Å². The van der Waals surface area contributed by atoms with E-state index in [0.29, 0.717) is 32.1 Å². The van der Waals surface area contributed by atoms with Crippen LogP contribution in [-0.2, 0) is 29.2 Å². The first-order valence-electron chi connectivity index (χ1n) is 8.07. The summed E-state index contributed by atoms with van der Waals surface area (Å²) in [5.41, 5.74) is 1.66. The second-order valence-corrected chi connectivity index (χ2v) is 5.49. The number of aromatic nitrogens is 4. The third-order valence-corrected chi connectivity index (χ3v) is 3.85. The van der Waals surface area contributed by atoms with Crippen molar-refractivity contribution in [3.05, 3.63) is 35.9 Å². The second-order valence-electron chi connectivity index (χ2n) is 5.49. The van der Waals surface area contributed by atoms with Crippen LogP contribution in [0.1, 0.15) is 24.7 Å². The van der Waals surface area contributed by atoms with Gasteiger partial charge in [-0.05, 0) is 25.5 Å². The van der Waals surface area contributed by atoms with Gasteiger partial charge in [0.1, 0.15) is 24.7 Å². The maximum Gasteiger partial charge on any atom is 0.248 e. The third-order valence-electron chi connectivity index (χ3n) is 3.85. The molecule has 0 saturated carbocycles. The van der Waals surface area contributed by atoms with E-state index in [1.807, 2.05) is 23.7 Å². The predicted octanol–water partition coefficient (Wildman–Crippen LogP) is 1.02. The molecule has 0 bridgehead atoms. The van der Waals surface area contributed by atoms with Crippen molar-refractivity contribution < 1.29 is 14.3 Å². The van der Waals surface area contributed by atoms with E-state index in [9.17, 15) is 4.79 Å². The summed E-state index contributed by atoms with van der Waals surface area (Å²) in [6.45, 7) is 4.73. The average Bonchev–Trinajstić information content (AvgIpc) is 2.86. The highest BCUT2D eigenvalue weighted by atomic mass is 16.5. The van der Waals surface area contributed by atoms with Crippen molar-refractivity contribution in [3.63, 3.8) is 0 Å². The van der Waals surface area contributed by atoms with E-state index in [1.54, 1.807) is 17.3 Å². The number of nitrogens with zero attached hydrogens (tertiary/aromatic N) is 5. The van der Waals surface area contributed by atoms with Gasteiger partial charge in [-0.15, -0.1) is 5.10 Å². The van der Waals surface area contributed by atoms with Gasteiger partial charge in [0.25, 0.3) is 0 Å². The number of rotatable bonds is 6. The number of amides is 1. The Hall–Kier alpha value is -2.48. The van der Waals surface area contributed by atoms with Gasteiger partial charge >= 0.3 is 0 Å². The zero-order valence-electron chi connectivity index (χ0n) is 13.7. The van der Waals surface area contributed by atoms with Crippen LogP contribution >= 0.6 is 0 Å². The van der Waals surface area contributed by atoms with Crippen LogP contribution in [-0.4, -0.2) is 50.5 Å². The maximum atomic E-state index is 12.2. The Balaban J connectivity index is 1.69. The highest BCUT2D eigenvalue weighted by molar-refractivity contribution is 5.77. The van der Waals surface area contributed by atoms with Crippen LogP contribution in [0.5, 0.6) is 5.75 Å². The van der Waals surface area contributed by atoms with Gasteiger partial charge in [-0.2, -0.15) is 0 Å². The quantitative estimate of drug-likeness (QED) is 0.786. The fourth-order valence-electron chi connectivity index (χ4n) is 2.58. The summed E-state index contributed by atoms with van der Waals surface area (Å²) in [5.74, 6) is 0.669. The molecule has 0 saturated heterocycles. The number of hydrogen-bond donors (Lipinski definition) is 0. The van der Waals surface area contributed by atoms with Crippen molar-refractivity contribution >= 4 is 5.91 Å². The molecule has 1 aliphatic rings. The summed E-state index contributed by atoms with van der Waals surface area (Å²) in [5, 5.41) is 8.40. The molecule has 24 heavy (non-hydrogen) atoms. The lowest BCUT2D eigenvalue weighted by atomic mass is 10.3. The lowest BCUT2D eigenvalue weighted by molar-refractivity contribution is -0.136. The van der Waals surface area contributed by atoms with Crippen LogP contribution < -0.4 is 4.74 Å². The topological polar surface area (TPSA) is 82.4 Å². The SMILES string of the molecule is CCOCC(=O)N1CCCn2nnc(COc3cccnc3)c2C1. The van der Waals surface area contributed by atoms with E-state index in [2.05, 4.69) is 15.3 Å². The molecule has 8 heteroatoms. The molecule has 8 nitrogen and oxygen atoms in total. The molecule has 1 aliphatic heterocycles. The summed E-state index contributed by atoms with van der Waals surface area (Å²) in [6, 6.07) is 3.66. The summed E-state index contributed by atoms with van der Waals surface area (Å²) < 4.78 is 12.8. The van der Waals surface area contributed by atoms with E-state index in [-0.39, 0.29) is 12.5 Å². The first-order chi connectivity index (χ1) is 11.8. The Morgan fingerprint density at radius 1 is 1.38 bits per heavy atom. The molecule has 3 rings (SSSR count). The standard InChI is InChI=1S/C16H21N5O3/c1-2-23-12-16(22)20-7-4-8-21-15(10-20)14(18-19-21)11-24-13-5-3-6-17-9-13/h3,5-6,9H,2,4,7-8,10-12H2,1H3. The summed E-state index contributed by atoms with van der Waals surface area (Å²) >= 11 is 0. The fraction of sp³-hybridized carbons (Fsp3) is 0.500. The summed E-state index contributed by atoms with van der Waals surface area (Å²) in [4.78, 5) is 18.1. The second kappa shape index (κ2) is 7.87. The minimum Gasteiger partial charge on any atom is -0.486 e. The zero-order valence-corrected chi connectivity index (χ0v) is 13.7. The highest BCUT2D eigenvalue weighted by Crippen LogP contribution is 2.17. The minimum absolute atomic E-state index is 0.00868. The van der Waals surface area contributed by atoms with Gasteiger partial charge < -0.3 is 14.4 Å². The minimum atomic E-state index is -0.00868. The Morgan fingerprint density at radius 2 is 2.29 bits per heavy atom. The number of hydrogen-bond acceptors (Lipinski definition) is 6. The van der Waals surface area contributed by atoms with Crippen molar-refractivity contribution in [2.45, 2.75) is 33.0 Å². The highest BCUT2D eigenvalue weighted by Gasteiger charge is 2.23. The molecular formula is C16H21N5O3. The monoisotopic (exact) mass is 331 g/mol. The third kappa shape index (κ3) is 3.88. The van der Waals surface area contributed by atoms with Gasteiger partial charge in [0.2, 0.25) is 5.91 Å². The van der Waals surface area contributed by atoms with Crippen LogP contribution in [0.4, 0.5) is 0 Å². The zero-order chi connectivity index (χ0) is 16.8. The molecule has 0 aliphatic carbocycles. The van der Waals surface area contributed by atoms with Crippen molar-refractivity contribution in [2.75, 3.05) is 19.8 Å². The van der Waals surface area contributed by atoms with Crippen molar-refractivity contribution in [2.24, 2.45) is 0 Å². The van der Waals surface area contributed by atoms with E-state index >= 15 is 0 Å². The maximum absolute atomic E-state index is 12.2. The number of ether oxygens (including phenoxy) is 2. The fourth-order valence-corrected chi connectivity index (χ4v) is 2.58. The van der Waals surface area contributed by atoms with Crippen LogP contribution in [0.15, 0.2) is 24.5 Å². The van der Waals surface area contributed by atoms with Gasteiger partial charge in [-0.3, -0.25) is 9.78 Å². The largest absolute Gasteiger partial charge is 0.486 e. The molecule has 2 aromatic rings. The smallest absolute Gasteiger partial charge is 0.248 e. The first kappa shape index (κ1) is 16.4. The number of carbonyl (C=O) groups excluding carboxylic acids is 1. The Kier molecular flexibility index (Phi) is 5.37. The molecule has 0 fully saturated rings. The van der Waals surface area contributed by atoms with E-state index in [4.69, 9.17) is 9.47 Å². The van der Waals surface area contributed by atoms with Crippen molar-refractivity contribution in [1.29, 1.82) is 0 Å².